The average Bonchev–Trinajstić information content (AvgIpc) is 2.28. The highest BCUT2D eigenvalue weighted by Gasteiger charge is 2.26. The molecule has 3 heteroatoms. The molecule has 3 rings (SSSR count). The molecule has 2 aliphatic rings. The molecule has 0 spiro atoms. The van der Waals surface area contributed by atoms with Crippen molar-refractivity contribution < 1.29 is 0 Å². The maximum atomic E-state index is 4.86. The van der Waals surface area contributed by atoms with E-state index in [0.717, 1.165) is 31.1 Å². The lowest BCUT2D eigenvalue weighted by Gasteiger charge is -2.28. The zero-order valence-electron chi connectivity index (χ0n) is 11.5. The third kappa shape index (κ3) is 2.16. The summed E-state index contributed by atoms with van der Waals surface area (Å²) in [5.74, 6) is 2.55. The van der Waals surface area contributed by atoms with Gasteiger partial charge in [0.1, 0.15) is 5.82 Å². The van der Waals surface area contributed by atoms with E-state index in [1.165, 1.54) is 42.6 Å². The van der Waals surface area contributed by atoms with Gasteiger partial charge in [0.15, 0.2) is 0 Å². The highest BCUT2D eigenvalue weighted by molar-refractivity contribution is 5.29. The third-order valence-electron chi connectivity index (χ3n) is 4.56. The zero-order chi connectivity index (χ0) is 12.5. The van der Waals surface area contributed by atoms with E-state index in [1.807, 2.05) is 7.05 Å². The summed E-state index contributed by atoms with van der Waals surface area (Å²) in [6.07, 6.45) is 7.52. The summed E-state index contributed by atoms with van der Waals surface area (Å²) in [7, 11) is 2.04. The monoisotopic (exact) mass is 245 g/mol. The molecule has 1 aromatic rings. The molecule has 2 aliphatic carbocycles. The number of fused-ring (bicyclic) bond motifs is 1. The normalized spacial score (nSPS) is 23.6. The largest absolute Gasteiger partial charge is 0.319 e. The van der Waals surface area contributed by atoms with Crippen LogP contribution < -0.4 is 5.32 Å². The summed E-state index contributed by atoms with van der Waals surface area (Å²) in [5.41, 5.74) is 4.02. The van der Waals surface area contributed by atoms with Gasteiger partial charge >= 0.3 is 0 Å². The minimum atomic E-state index is 0.657. The Labute approximate surface area is 109 Å². The summed E-state index contributed by atoms with van der Waals surface area (Å²) < 4.78 is 0. The number of hydrogen-bond donors (Lipinski definition) is 1. The van der Waals surface area contributed by atoms with Gasteiger partial charge in [-0.05, 0) is 64.1 Å². The van der Waals surface area contributed by atoms with Crippen molar-refractivity contribution in [2.24, 2.45) is 5.92 Å². The van der Waals surface area contributed by atoms with E-state index in [2.05, 4.69) is 12.2 Å². The molecule has 1 atom stereocenters. The molecule has 0 radical (unpaired) electrons. The molecule has 1 aromatic heterocycles. The molecule has 3 nitrogen and oxygen atoms in total. The Balaban J connectivity index is 1.85. The van der Waals surface area contributed by atoms with Crippen LogP contribution in [0.2, 0.25) is 0 Å². The second-order valence-electron chi connectivity index (χ2n) is 5.89. The quantitative estimate of drug-likeness (QED) is 0.888. The van der Waals surface area contributed by atoms with Crippen molar-refractivity contribution in [1.82, 2.24) is 15.3 Å². The van der Waals surface area contributed by atoms with Crippen LogP contribution in [0.3, 0.4) is 0 Å². The molecule has 1 unspecified atom stereocenters. The molecule has 1 heterocycles. The maximum Gasteiger partial charge on any atom is 0.131 e. The molecule has 98 valence electrons. The number of hydrogen-bond acceptors (Lipinski definition) is 3. The first kappa shape index (κ1) is 12.1. The lowest BCUT2D eigenvalue weighted by atomic mass is 9.83. The van der Waals surface area contributed by atoms with Gasteiger partial charge in [0.25, 0.3) is 0 Å². The minimum Gasteiger partial charge on any atom is -0.319 e. The Morgan fingerprint density at radius 1 is 1.22 bits per heavy atom. The topological polar surface area (TPSA) is 37.8 Å². The lowest BCUT2D eigenvalue weighted by Crippen LogP contribution is -2.27. The van der Waals surface area contributed by atoms with Crippen molar-refractivity contribution in [3.8, 4) is 0 Å². The van der Waals surface area contributed by atoms with Crippen LogP contribution >= 0.6 is 0 Å². The Bertz CT molecular complexity index is 438. The predicted octanol–water partition coefficient (Wildman–Crippen LogP) is 2.38. The van der Waals surface area contributed by atoms with E-state index in [-0.39, 0.29) is 0 Å². The number of aromatic nitrogens is 2. The molecule has 1 N–H and O–H groups in total. The summed E-state index contributed by atoms with van der Waals surface area (Å²) >= 11 is 0. The number of rotatable bonds is 3. The molecular formula is C15H23N3. The van der Waals surface area contributed by atoms with Crippen LogP contribution in [-0.2, 0) is 12.8 Å². The van der Waals surface area contributed by atoms with Crippen LogP contribution in [0.5, 0.6) is 0 Å². The van der Waals surface area contributed by atoms with Crippen LogP contribution in [0.4, 0.5) is 0 Å². The van der Waals surface area contributed by atoms with E-state index in [0.29, 0.717) is 5.92 Å². The van der Waals surface area contributed by atoms with Gasteiger partial charge in [0, 0.05) is 17.3 Å². The smallest absolute Gasteiger partial charge is 0.131 e. The average molecular weight is 245 g/mol. The highest BCUT2D eigenvalue weighted by Crippen LogP contribution is 2.36. The lowest BCUT2D eigenvalue weighted by molar-refractivity contribution is 0.391. The first-order valence-corrected chi connectivity index (χ1v) is 7.29. The number of aryl methyl sites for hydroxylation is 2. The van der Waals surface area contributed by atoms with Gasteiger partial charge in [-0.25, -0.2) is 9.97 Å². The van der Waals surface area contributed by atoms with E-state index in [1.54, 1.807) is 0 Å². The van der Waals surface area contributed by atoms with E-state index < -0.39 is 0 Å². The first-order valence-electron chi connectivity index (χ1n) is 7.29. The summed E-state index contributed by atoms with van der Waals surface area (Å²) in [6, 6.07) is 0. The Morgan fingerprint density at radius 2 is 2.06 bits per heavy atom. The molecular weight excluding hydrogens is 222 g/mol. The van der Waals surface area contributed by atoms with E-state index >= 15 is 0 Å². The van der Waals surface area contributed by atoms with Gasteiger partial charge in [-0.2, -0.15) is 0 Å². The van der Waals surface area contributed by atoms with Gasteiger partial charge < -0.3 is 5.32 Å². The fourth-order valence-electron chi connectivity index (χ4n) is 3.19. The predicted molar refractivity (Wildman–Crippen MR) is 72.8 cm³/mol. The van der Waals surface area contributed by atoms with Gasteiger partial charge in [-0.15, -0.1) is 0 Å². The fourth-order valence-corrected chi connectivity index (χ4v) is 3.19. The number of nitrogens with zero attached hydrogens (tertiary/aromatic N) is 2. The second kappa shape index (κ2) is 4.96. The van der Waals surface area contributed by atoms with E-state index in [9.17, 15) is 0 Å². The van der Waals surface area contributed by atoms with Crippen molar-refractivity contribution in [2.75, 3.05) is 13.6 Å². The van der Waals surface area contributed by atoms with Gasteiger partial charge in [0.05, 0.1) is 0 Å². The van der Waals surface area contributed by atoms with E-state index in [4.69, 9.17) is 9.97 Å². The Morgan fingerprint density at radius 3 is 2.72 bits per heavy atom. The molecule has 0 aliphatic heterocycles. The molecule has 1 saturated carbocycles. The fraction of sp³-hybridized carbons (Fsp3) is 0.733. The Hall–Kier alpha value is -0.960. The van der Waals surface area contributed by atoms with Gasteiger partial charge in [-0.3, -0.25) is 0 Å². The SMILES string of the molecule is CNCC1CCc2nc(C3CCC3)nc(C)c2C1. The molecule has 0 amide bonds. The van der Waals surface area contributed by atoms with Crippen molar-refractivity contribution in [3.05, 3.63) is 22.8 Å². The standard InChI is InChI=1S/C15H23N3/c1-10-13-8-11(9-16-2)6-7-14(13)18-15(17-10)12-4-3-5-12/h11-12,16H,3-9H2,1-2H3. The second-order valence-corrected chi connectivity index (χ2v) is 5.89. The van der Waals surface area contributed by atoms with Gasteiger partial charge in [0.2, 0.25) is 0 Å². The third-order valence-corrected chi connectivity index (χ3v) is 4.56. The maximum absolute atomic E-state index is 4.86. The van der Waals surface area contributed by atoms with Crippen LogP contribution in [0.15, 0.2) is 0 Å². The van der Waals surface area contributed by atoms with Crippen molar-refractivity contribution in [2.45, 2.75) is 51.4 Å². The molecule has 1 fully saturated rings. The van der Waals surface area contributed by atoms with Crippen LogP contribution in [-0.4, -0.2) is 23.6 Å². The highest BCUT2D eigenvalue weighted by atomic mass is 14.9. The summed E-state index contributed by atoms with van der Waals surface area (Å²) in [5, 5.41) is 3.29. The first-order chi connectivity index (χ1) is 8.78. The van der Waals surface area contributed by atoms with Gasteiger partial charge in [-0.1, -0.05) is 6.42 Å². The number of nitrogens with one attached hydrogen (secondary N) is 1. The molecule has 0 aromatic carbocycles. The Kier molecular flexibility index (Phi) is 3.33. The van der Waals surface area contributed by atoms with Crippen LogP contribution in [0, 0.1) is 12.8 Å². The minimum absolute atomic E-state index is 0.657. The zero-order valence-corrected chi connectivity index (χ0v) is 11.5. The summed E-state index contributed by atoms with van der Waals surface area (Å²) in [4.78, 5) is 9.63. The van der Waals surface area contributed by atoms with Crippen molar-refractivity contribution in [1.29, 1.82) is 0 Å². The van der Waals surface area contributed by atoms with Crippen LogP contribution in [0.25, 0.3) is 0 Å². The van der Waals surface area contributed by atoms with Crippen molar-refractivity contribution >= 4 is 0 Å². The molecule has 0 bridgehead atoms. The van der Waals surface area contributed by atoms with Crippen molar-refractivity contribution in [3.63, 3.8) is 0 Å². The van der Waals surface area contributed by atoms with Crippen LogP contribution in [0.1, 0.15) is 54.4 Å². The summed E-state index contributed by atoms with van der Waals surface area (Å²) in [6.45, 7) is 3.29. The molecule has 0 saturated heterocycles. The molecule has 18 heavy (non-hydrogen) atoms.